The lowest BCUT2D eigenvalue weighted by Gasteiger charge is -2.35. The van der Waals surface area contributed by atoms with Crippen molar-refractivity contribution in [2.45, 2.75) is 33.9 Å². The number of hydrogen-bond donors (Lipinski definition) is 1. The molecular weight excluding hydrogens is 414 g/mol. The first-order valence-electron chi connectivity index (χ1n) is 10.4. The van der Waals surface area contributed by atoms with Crippen LogP contribution in [0.15, 0.2) is 57.2 Å². The van der Waals surface area contributed by atoms with Crippen LogP contribution in [0.5, 0.6) is 0 Å². The molecule has 0 aliphatic carbocycles. The lowest BCUT2D eigenvalue weighted by Crippen LogP contribution is -2.39. The smallest absolute Gasteiger partial charge is 0.220 e. The van der Waals surface area contributed by atoms with Gasteiger partial charge in [0.15, 0.2) is 0 Å². The molecule has 1 unspecified atom stereocenters. The van der Waals surface area contributed by atoms with E-state index in [2.05, 4.69) is 46.0 Å². The van der Waals surface area contributed by atoms with Gasteiger partial charge in [0.2, 0.25) is 5.91 Å². The predicted octanol–water partition coefficient (Wildman–Crippen LogP) is 3.58. The van der Waals surface area contributed by atoms with E-state index in [9.17, 15) is 9.00 Å². The molecule has 1 fully saturated rings. The first-order chi connectivity index (χ1) is 14.3. The molecular formula is C23H29N3O2S2. The minimum absolute atomic E-state index is 0.0316. The minimum atomic E-state index is -2.27. The summed E-state index contributed by atoms with van der Waals surface area (Å²) in [6.07, 6.45) is 4.42. The summed E-state index contributed by atoms with van der Waals surface area (Å²) in [4.78, 5) is 19.4. The van der Waals surface area contributed by atoms with Gasteiger partial charge in [0.05, 0.1) is 11.4 Å². The maximum Gasteiger partial charge on any atom is 0.220 e. The van der Waals surface area contributed by atoms with Crippen molar-refractivity contribution in [2.24, 2.45) is 11.7 Å². The first-order valence-corrected chi connectivity index (χ1v) is 13.3. The zero-order valence-corrected chi connectivity index (χ0v) is 19.0. The van der Waals surface area contributed by atoms with Gasteiger partial charge >= 0.3 is 0 Å². The van der Waals surface area contributed by atoms with E-state index in [-0.39, 0.29) is 11.8 Å². The Morgan fingerprint density at radius 1 is 1.13 bits per heavy atom. The average molecular weight is 444 g/mol. The number of carbonyl (C=O) groups excluding carboxylic acids is 1. The number of rotatable bonds is 6. The molecule has 2 aromatic rings. The third kappa shape index (κ3) is 4.53. The molecule has 0 saturated carbocycles. The molecule has 1 saturated heterocycles. The van der Waals surface area contributed by atoms with Gasteiger partial charge in [-0.05, 0) is 84.6 Å². The largest absolute Gasteiger partial charge is 0.369 e. The number of likely N-dealkylation sites (tertiary alicyclic amines) is 1. The van der Waals surface area contributed by atoms with Crippen LogP contribution >= 0.6 is 11.8 Å². The fraction of sp³-hybridized carbons (Fsp3) is 0.391. The average Bonchev–Trinajstić information content (AvgIpc) is 2.72. The van der Waals surface area contributed by atoms with Crippen molar-refractivity contribution in [3.05, 3.63) is 42.5 Å². The fourth-order valence-corrected chi connectivity index (χ4v) is 6.01. The van der Waals surface area contributed by atoms with E-state index in [0.29, 0.717) is 0 Å². The molecule has 0 radical (unpaired) electrons. The molecule has 30 heavy (non-hydrogen) atoms. The van der Waals surface area contributed by atoms with E-state index in [0.717, 1.165) is 56.0 Å². The summed E-state index contributed by atoms with van der Waals surface area (Å²) in [7, 11) is -2.27. The first kappa shape index (κ1) is 21.3. The molecule has 160 valence electrons. The highest BCUT2D eigenvalue weighted by Gasteiger charge is 2.25. The Hall–Kier alpha value is -1.96. The van der Waals surface area contributed by atoms with Gasteiger partial charge < -0.3 is 15.5 Å². The number of nitrogens with zero attached hydrogens (tertiary/aromatic N) is 2. The van der Waals surface area contributed by atoms with E-state index in [4.69, 9.17) is 5.73 Å². The van der Waals surface area contributed by atoms with E-state index in [1.807, 2.05) is 12.1 Å². The number of para-hydroxylation sites is 1. The molecule has 1 atom stereocenters. The second-order valence-corrected chi connectivity index (χ2v) is 11.8. The van der Waals surface area contributed by atoms with Gasteiger partial charge in [-0.15, -0.1) is 0 Å². The van der Waals surface area contributed by atoms with Crippen LogP contribution in [0.25, 0.3) is 0 Å². The Bertz CT molecular complexity index is 1040. The lowest BCUT2D eigenvalue weighted by molar-refractivity contribution is -0.123. The Kier molecular flexibility index (Phi) is 6.14. The van der Waals surface area contributed by atoms with Crippen LogP contribution in [0, 0.1) is 5.92 Å². The molecule has 7 heteroatoms. The second kappa shape index (κ2) is 8.65. The van der Waals surface area contributed by atoms with Gasteiger partial charge in [0.25, 0.3) is 0 Å². The van der Waals surface area contributed by atoms with Crippen LogP contribution in [0.3, 0.4) is 0 Å². The highest BCUT2D eigenvalue weighted by atomic mass is 32.2. The monoisotopic (exact) mass is 443 g/mol. The van der Waals surface area contributed by atoms with Crippen molar-refractivity contribution in [2.75, 3.05) is 37.3 Å². The van der Waals surface area contributed by atoms with Crippen LogP contribution in [-0.4, -0.2) is 53.3 Å². The number of anilines is 2. The topological polar surface area (TPSA) is 66.6 Å². The Morgan fingerprint density at radius 2 is 1.83 bits per heavy atom. The highest BCUT2D eigenvalue weighted by molar-refractivity contribution is 8.00. The van der Waals surface area contributed by atoms with E-state index in [1.165, 1.54) is 15.5 Å². The van der Waals surface area contributed by atoms with Crippen LogP contribution in [0.1, 0.15) is 19.3 Å². The maximum absolute atomic E-state index is 12.5. The van der Waals surface area contributed by atoms with Gasteiger partial charge in [0.1, 0.15) is 0 Å². The number of nitrogens with two attached hydrogens (primary N) is 1. The molecule has 2 heterocycles. The highest BCUT2D eigenvalue weighted by Crippen LogP contribution is 2.48. The van der Waals surface area contributed by atoms with Crippen LogP contribution < -0.4 is 10.6 Å². The van der Waals surface area contributed by atoms with Crippen molar-refractivity contribution >= 4 is 44.4 Å². The molecule has 2 aliphatic rings. The molecule has 2 aromatic carbocycles. The summed E-state index contributed by atoms with van der Waals surface area (Å²) in [5.41, 5.74) is 7.77. The maximum atomic E-state index is 12.5. The van der Waals surface area contributed by atoms with Gasteiger partial charge in [-0.25, -0.2) is 0 Å². The molecule has 2 N–H and O–H groups in total. The quantitative estimate of drug-likeness (QED) is 0.691. The number of primary amides is 1. The number of carbonyl (C=O) groups is 1. The summed E-state index contributed by atoms with van der Waals surface area (Å²) in [5.74, 6) is 3.73. The Balaban J connectivity index is 1.50. The number of piperidine rings is 1. The van der Waals surface area contributed by atoms with Gasteiger partial charge in [-0.2, -0.15) is 0 Å². The molecule has 2 aliphatic heterocycles. The van der Waals surface area contributed by atoms with Gasteiger partial charge in [0, 0.05) is 33.4 Å². The second-order valence-electron chi connectivity index (χ2n) is 8.23. The summed E-state index contributed by atoms with van der Waals surface area (Å²) < 4.78 is 12.5. The van der Waals surface area contributed by atoms with Crippen LogP contribution in [0.2, 0.25) is 0 Å². The molecule has 1 amide bonds. The van der Waals surface area contributed by atoms with Crippen molar-refractivity contribution < 1.29 is 9.00 Å². The predicted molar refractivity (Wildman–Crippen MR) is 126 cm³/mol. The summed E-state index contributed by atoms with van der Waals surface area (Å²) in [6.45, 7) is 3.73. The van der Waals surface area contributed by atoms with Crippen molar-refractivity contribution in [3.8, 4) is 0 Å². The SMILES string of the molecule is C=S(C)(=O)c1ccc2c(c1)N(CCCN1CCC(C(N)=O)CC1)c1ccccc1S2. The van der Waals surface area contributed by atoms with E-state index < -0.39 is 9.52 Å². The van der Waals surface area contributed by atoms with E-state index >= 15 is 0 Å². The molecule has 0 aromatic heterocycles. The third-order valence-electron chi connectivity index (χ3n) is 5.94. The normalized spacial score (nSPS) is 19.0. The van der Waals surface area contributed by atoms with Crippen molar-refractivity contribution in [1.29, 1.82) is 0 Å². The molecule has 0 bridgehead atoms. The molecule has 0 spiro atoms. The van der Waals surface area contributed by atoms with Crippen molar-refractivity contribution in [3.63, 3.8) is 0 Å². The van der Waals surface area contributed by atoms with Gasteiger partial charge in [-0.3, -0.25) is 9.00 Å². The lowest BCUT2D eigenvalue weighted by atomic mass is 9.96. The molecule has 4 rings (SSSR count). The minimum Gasteiger partial charge on any atom is -0.369 e. The summed E-state index contributed by atoms with van der Waals surface area (Å²) in [6, 6.07) is 14.5. The number of fused-ring (bicyclic) bond motifs is 2. The molecule has 5 nitrogen and oxygen atoms in total. The number of benzene rings is 2. The summed E-state index contributed by atoms with van der Waals surface area (Å²) in [5, 5.41) is 0. The van der Waals surface area contributed by atoms with E-state index in [1.54, 1.807) is 18.0 Å². The Labute approximate surface area is 183 Å². The zero-order chi connectivity index (χ0) is 21.3. The van der Waals surface area contributed by atoms with Crippen LogP contribution in [-0.2, 0) is 14.3 Å². The van der Waals surface area contributed by atoms with Crippen molar-refractivity contribution in [1.82, 2.24) is 4.90 Å². The summed E-state index contributed by atoms with van der Waals surface area (Å²) >= 11 is 1.76. The standard InChI is InChI=1S/C23H29N3O2S2/c1-30(2,28)18-8-9-22-20(16-18)26(19-6-3-4-7-21(19)29-22)13-5-12-25-14-10-17(11-15-25)23(24)27/h3-4,6-9,16-17H,1,5,10-15H2,2H3,(H2,24,27). The number of amides is 1. The van der Waals surface area contributed by atoms with Gasteiger partial charge in [-0.1, -0.05) is 23.9 Å². The van der Waals surface area contributed by atoms with Crippen LogP contribution in [0.4, 0.5) is 11.4 Å². The fourth-order valence-electron chi connectivity index (χ4n) is 4.21. The Morgan fingerprint density at radius 3 is 2.53 bits per heavy atom. The third-order valence-corrected chi connectivity index (χ3v) is 8.32. The zero-order valence-electron chi connectivity index (χ0n) is 17.4. The number of hydrogen-bond acceptors (Lipinski definition) is 5.